The van der Waals surface area contributed by atoms with E-state index >= 15 is 0 Å². The van der Waals surface area contributed by atoms with E-state index in [4.69, 9.17) is 17.3 Å². The SMILES string of the molecule is CC(C)CCNc1ncnc2ccc(-c3cc(Cl)ccc3N)cc12. The first-order chi connectivity index (χ1) is 11.5. The average Bonchev–Trinajstić information content (AvgIpc) is 2.56. The van der Waals surface area contributed by atoms with Crippen molar-refractivity contribution in [1.82, 2.24) is 9.97 Å². The maximum absolute atomic E-state index is 6.12. The van der Waals surface area contributed by atoms with Gasteiger partial charge in [-0.05, 0) is 48.2 Å². The van der Waals surface area contributed by atoms with E-state index in [1.165, 1.54) is 0 Å². The Kier molecular flexibility index (Phi) is 4.86. The summed E-state index contributed by atoms with van der Waals surface area (Å²) >= 11 is 6.12. The maximum Gasteiger partial charge on any atom is 0.137 e. The molecule has 2 aromatic carbocycles. The number of aromatic nitrogens is 2. The van der Waals surface area contributed by atoms with Gasteiger partial charge in [0.2, 0.25) is 0 Å². The predicted molar refractivity (Wildman–Crippen MR) is 102 cm³/mol. The summed E-state index contributed by atoms with van der Waals surface area (Å²) in [4.78, 5) is 8.75. The Bertz CT molecular complexity index is 861. The van der Waals surface area contributed by atoms with Crippen molar-refractivity contribution in [2.45, 2.75) is 20.3 Å². The molecule has 0 aliphatic heterocycles. The monoisotopic (exact) mass is 340 g/mol. The second kappa shape index (κ2) is 7.05. The van der Waals surface area contributed by atoms with E-state index in [9.17, 15) is 0 Å². The molecule has 5 heteroatoms. The highest BCUT2D eigenvalue weighted by Crippen LogP contribution is 2.32. The first-order valence-electron chi connectivity index (χ1n) is 8.08. The van der Waals surface area contributed by atoms with Crippen molar-refractivity contribution < 1.29 is 0 Å². The van der Waals surface area contributed by atoms with Crippen LogP contribution in [0, 0.1) is 5.92 Å². The summed E-state index contributed by atoms with van der Waals surface area (Å²) in [6.07, 6.45) is 2.68. The molecule has 124 valence electrons. The van der Waals surface area contributed by atoms with Gasteiger partial charge in [-0.1, -0.05) is 31.5 Å². The Hall–Kier alpha value is -2.33. The van der Waals surface area contributed by atoms with E-state index in [1.807, 2.05) is 24.3 Å². The zero-order chi connectivity index (χ0) is 17.1. The Morgan fingerprint density at radius 3 is 2.75 bits per heavy atom. The van der Waals surface area contributed by atoms with E-state index in [0.29, 0.717) is 16.6 Å². The normalized spacial score (nSPS) is 11.2. The van der Waals surface area contributed by atoms with E-state index in [-0.39, 0.29) is 0 Å². The van der Waals surface area contributed by atoms with Crippen LogP contribution < -0.4 is 11.1 Å². The van der Waals surface area contributed by atoms with Crippen molar-refractivity contribution in [2.75, 3.05) is 17.6 Å². The van der Waals surface area contributed by atoms with Crippen LogP contribution in [-0.4, -0.2) is 16.5 Å². The first kappa shape index (κ1) is 16.5. The van der Waals surface area contributed by atoms with Crippen molar-refractivity contribution in [2.24, 2.45) is 5.92 Å². The Morgan fingerprint density at radius 1 is 1.12 bits per heavy atom. The number of halogens is 1. The lowest BCUT2D eigenvalue weighted by Gasteiger charge is -2.12. The zero-order valence-corrected chi connectivity index (χ0v) is 14.6. The van der Waals surface area contributed by atoms with Crippen LogP contribution in [0.4, 0.5) is 11.5 Å². The number of hydrogen-bond acceptors (Lipinski definition) is 4. The zero-order valence-electron chi connectivity index (χ0n) is 13.9. The van der Waals surface area contributed by atoms with Gasteiger partial charge in [-0.25, -0.2) is 9.97 Å². The number of nitrogen functional groups attached to an aromatic ring is 1. The molecule has 24 heavy (non-hydrogen) atoms. The molecule has 0 saturated heterocycles. The van der Waals surface area contributed by atoms with Gasteiger partial charge in [0.05, 0.1) is 5.52 Å². The molecule has 0 unspecified atom stereocenters. The van der Waals surface area contributed by atoms with Crippen molar-refractivity contribution in [3.05, 3.63) is 47.7 Å². The third-order valence-corrected chi connectivity index (χ3v) is 4.21. The lowest BCUT2D eigenvalue weighted by Crippen LogP contribution is -2.07. The smallest absolute Gasteiger partial charge is 0.137 e. The number of fused-ring (bicyclic) bond motifs is 1. The third kappa shape index (κ3) is 3.60. The maximum atomic E-state index is 6.12. The number of nitrogens with two attached hydrogens (primary N) is 1. The van der Waals surface area contributed by atoms with Gasteiger partial charge in [-0.15, -0.1) is 0 Å². The number of nitrogens with one attached hydrogen (secondary N) is 1. The molecule has 3 rings (SSSR count). The van der Waals surface area contributed by atoms with Crippen LogP contribution in [0.25, 0.3) is 22.0 Å². The predicted octanol–water partition coefficient (Wildman–Crippen LogP) is 4.99. The molecule has 1 aromatic heterocycles. The van der Waals surface area contributed by atoms with Crippen LogP contribution in [0.3, 0.4) is 0 Å². The summed E-state index contributed by atoms with van der Waals surface area (Å²) in [5, 5.41) is 5.07. The van der Waals surface area contributed by atoms with Crippen LogP contribution in [0.2, 0.25) is 5.02 Å². The van der Waals surface area contributed by atoms with Gasteiger partial charge in [0.25, 0.3) is 0 Å². The van der Waals surface area contributed by atoms with Gasteiger partial charge >= 0.3 is 0 Å². The highest BCUT2D eigenvalue weighted by molar-refractivity contribution is 6.31. The summed E-state index contributed by atoms with van der Waals surface area (Å²) in [6.45, 7) is 5.30. The fourth-order valence-corrected chi connectivity index (χ4v) is 2.79. The van der Waals surface area contributed by atoms with Gasteiger partial charge in [0.15, 0.2) is 0 Å². The van der Waals surface area contributed by atoms with Gasteiger partial charge in [-0.3, -0.25) is 0 Å². The second-order valence-corrected chi connectivity index (χ2v) is 6.73. The van der Waals surface area contributed by atoms with Crippen molar-refractivity contribution in [1.29, 1.82) is 0 Å². The molecule has 3 N–H and O–H groups in total. The van der Waals surface area contributed by atoms with Crippen LogP contribution >= 0.6 is 11.6 Å². The lowest BCUT2D eigenvalue weighted by atomic mass is 10.0. The molecular weight excluding hydrogens is 320 g/mol. The van der Waals surface area contributed by atoms with Crippen molar-refractivity contribution in [3.63, 3.8) is 0 Å². The number of benzene rings is 2. The minimum absolute atomic E-state index is 0.646. The fraction of sp³-hybridized carbons (Fsp3) is 0.263. The molecule has 0 saturated carbocycles. The summed E-state index contributed by atoms with van der Waals surface area (Å²) in [6, 6.07) is 11.6. The second-order valence-electron chi connectivity index (χ2n) is 6.30. The number of anilines is 2. The highest BCUT2D eigenvalue weighted by Gasteiger charge is 2.09. The van der Waals surface area contributed by atoms with Crippen LogP contribution in [0.1, 0.15) is 20.3 Å². The third-order valence-electron chi connectivity index (χ3n) is 3.98. The van der Waals surface area contributed by atoms with Crippen LogP contribution in [0.5, 0.6) is 0 Å². The molecule has 0 aliphatic carbocycles. The lowest BCUT2D eigenvalue weighted by molar-refractivity contribution is 0.607. The van der Waals surface area contributed by atoms with Gasteiger partial charge in [-0.2, -0.15) is 0 Å². The quantitative estimate of drug-likeness (QED) is 0.642. The summed E-state index contributed by atoms with van der Waals surface area (Å²) in [5.41, 5.74) is 9.64. The Morgan fingerprint density at radius 2 is 1.96 bits per heavy atom. The largest absolute Gasteiger partial charge is 0.398 e. The van der Waals surface area contributed by atoms with Gasteiger partial charge in [0.1, 0.15) is 12.1 Å². The van der Waals surface area contributed by atoms with E-state index in [0.717, 1.165) is 40.8 Å². The average molecular weight is 341 g/mol. The number of hydrogen-bond donors (Lipinski definition) is 2. The molecule has 0 amide bonds. The molecular formula is C19H21ClN4. The summed E-state index contributed by atoms with van der Waals surface area (Å²) in [5.74, 6) is 1.50. The molecule has 0 fully saturated rings. The summed E-state index contributed by atoms with van der Waals surface area (Å²) < 4.78 is 0. The van der Waals surface area contributed by atoms with Crippen molar-refractivity contribution >= 4 is 34.0 Å². The molecule has 0 spiro atoms. The molecule has 3 aromatic rings. The van der Waals surface area contributed by atoms with E-state index < -0.39 is 0 Å². The van der Waals surface area contributed by atoms with E-state index in [1.54, 1.807) is 12.4 Å². The summed E-state index contributed by atoms with van der Waals surface area (Å²) in [7, 11) is 0. The fourth-order valence-electron chi connectivity index (χ4n) is 2.62. The van der Waals surface area contributed by atoms with Crippen molar-refractivity contribution in [3.8, 4) is 11.1 Å². The molecule has 0 atom stereocenters. The molecule has 0 radical (unpaired) electrons. The number of rotatable bonds is 5. The Labute approximate surface area is 147 Å². The molecule has 0 bridgehead atoms. The Balaban J connectivity index is 2.01. The first-order valence-corrected chi connectivity index (χ1v) is 8.46. The molecule has 4 nitrogen and oxygen atoms in total. The number of nitrogens with zero attached hydrogens (tertiary/aromatic N) is 2. The molecule has 1 heterocycles. The molecule has 0 aliphatic rings. The minimum Gasteiger partial charge on any atom is -0.398 e. The minimum atomic E-state index is 0.646. The van der Waals surface area contributed by atoms with Crippen LogP contribution in [0.15, 0.2) is 42.7 Å². The van der Waals surface area contributed by atoms with Gasteiger partial charge < -0.3 is 11.1 Å². The van der Waals surface area contributed by atoms with E-state index in [2.05, 4.69) is 35.2 Å². The standard InChI is InChI=1S/C19H21ClN4/c1-12(2)7-8-22-19-16-9-13(3-6-18(16)23-11-24-19)15-10-14(20)4-5-17(15)21/h3-6,9-12H,7-8,21H2,1-2H3,(H,22,23,24). The van der Waals surface area contributed by atoms with Crippen LogP contribution in [-0.2, 0) is 0 Å². The highest BCUT2D eigenvalue weighted by atomic mass is 35.5. The van der Waals surface area contributed by atoms with Gasteiger partial charge in [0, 0.05) is 28.2 Å². The topological polar surface area (TPSA) is 63.8 Å².